The van der Waals surface area contributed by atoms with E-state index in [1.807, 2.05) is 30.3 Å². The van der Waals surface area contributed by atoms with Gasteiger partial charge in [-0.1, -0.05) is 18.2 Å². The van der Waals surface area contributed by atoms with Gasteiger partial charge in [0.2, 0.25) is 0 Å². The van der Waals surface area contributed by atoms with Crippen LogP contribution in [0.25, 0.3) is 16.6 Å². The van der Waals surface area contributed by atoms with E-state index in [4.69, 9.17) is 4.74 Å². The van der Waals surface area contributed by atoms with Crippen LogP contribution in [0.1, 0.15) is 6.92 Å². The summed E-state index contributed by atoms with van der Waals surface area (Å²) in [6.07, 6.45) is 1.47. The van der Waals surface area contributed by atoms with Crippen LogP contribution in [0.5, 0.6) is 5.75 Å². The molecule has 3 rings (SSSR count). The van der Waals surface area contributed by atoms with Crippen LogP contribution in [0.4, 0.5) is 5.69 Å². The van der Waals surface area contributed by atoms with Crippen LogP contribution in [0, 0.1) is 10.1 Å². The molecule has 0 aliphatic rings. The lowest BCUT2D eigenvalue weighted by Crippen LogP contribution is -2.01. The number of nitrogens with zero attached hydrogens (tertiary/aromatic N) is 2. The second kappa shape index (κ2) is 5.33. The van der Waals surface area contributed by atoms with Crippen molar-refractivity contribution >= 4 is 22.6 Å². The number of aromatic nitrogens is 1. The van der Waals surface area contributed by atoms with Crippen LogP contribution in [0.15, 0.2) is 54.7 Å². The molecule has 0 aliphatic carbocycles. The molecule has 1 heterocycles. The molecule has 0 atom stereocenters. The minimum absolute atomic E-state index is 0.00762. The summed E-state index contributed by atoms with van der Waals surface area (Å²) in [5.41, 5.74) is 1.41. The predicted molar refractivity (Wildman–Crippen MR) is 81.2 cm³/mol. The Balaban J connectivity index is 2.25. The molecule has 6 nitrogen and oxygen atoms in total. The Kier molecular flexibility index (Phi) is 3.34. The SMILES string of the molecule is CC(=O)Oc1ccc2c([N+](=O)[O-])cn(-c3ccccc3)c2c1. The number of esters is 1. The molecule has 0 saturated carbocycles. The Bertz CT molecular complexity index is 868. The normalized spacial score (nSPS) is 10.6. The first kappa shape index (κ1) is 13.8. The molecule has 1 aromatic heterocycles. The molecular weight excluding hydrogens is 284 g/mol. The van der Waals surface area contributed by atoms with Crippen molar-refractivity contribution in [2.24, 2.45) is 0 Å². The van der Waals surface area contributed by atoms with Crippen molar-refractivity contribution in [3.63, 3.8) is 0 Å². The van der Waals surface area contributed by atoms with Gasteiger partial charge in [-0.05, 0) is 24.3 Å². The van der Waals surface area contributed by atoms with Crippen LogP contribution in [0.2, 0.25) is 0 Å². The van der Waals surface area contributed by atoms with Gasteiger partial charge in [0.25, 0.3) is 5.69 Å². The highest BCUT2D eigenvalue weighted by Gasteiger charge is 2.19. The number of carbonyl (C=O) groups excluding carboxylic acids is 1. The average Bonchev–Trinajstić information content (AvgIpc) is 2.86. The van der Waals surface area contributed by atoms with Crippen LogP contribution in [-0.4, -0.2) is 15.5 Å². The zero-order valence-corrected chi connectivity index (χ0v) is 11.7. The van der Waals surface area contributed by atoms with Gasteiger partial charge in [-0.2, -0.15) is 0 Å². The molecule has 0 unspecified atom stereocenters. The van der Waals surface area contributed by atoms with Crippen molar-refractivity contribution < 1.29 is 14.5 Å². The Labute approximate surface area is 125 Å². The molecule has 0 fully saturated rings. The maximum absolute atomic E-state index is 11.2. The first-order valence-electron chi connectivity index (χ1n) is 6.59. The topological polar surface area (TPSA) is 74.4 Å². The maximum atomic E-state index is 11.2. The molecule has 110 valence electrons. The van der Waals surface area contributed by atoms with E-state index in [1.54, 1.807) is 22.8 Å². The Morgan fingerprint density at radius 1 is 1.18 bits per heavy atom. The van der Waals surface area contributed by atoms with Crippen LogP contribution < -0.4 is 4.74 Å². The highest BCUT2D eigenvalue weighted by Crippen LogP contribution is 2.32. The van der Waals surface area contributed by atoms with Gasteiger partial charge < -0.3 is 9.30 Å². The van der Waals surface area contributed by atoms with E-state index >= 15 is 0 Å². The number of ether oxygens (including phenoxy) is 1. The summed E-state index contributed by atoms with van der Waals surface area (Å²) in [6, 6.07) is 14.0. The molecule has 0 N–H and O–H groups in total. The van der Waals surface area contributed by atoms with Gasteiger partial charge in [0.05, 0.1) is 22.0 Å². The lowest BCUT2D eigenvalue weighted by Gasteiger charge is -2.06. The minimum Gasteiger partial charge on any atom is -0.427 e. The van der Waals surface area contributed by atoms with Crippen LogP contribution in [-0.2, 0) is 4.79 Å². The Hall–Kier alpha value is -3.15. The highest BCUT2D eigenvalue weighted by atomic mass is 16.6. The maximum Gasteiger partial charge on any atom is 0.308 e. The summed E-state index contributed by atoms with van der Waals surface area (Å²) >= 11 is 0. The van der Waals surface area contributed by atoms with Crippen molar-refractivity contribution in [2.75, 3.05) is 0 Å². The van der Waals surface area contributed by atoms with E-state index in [9.17, 15) is 14.9 Å². The van der Waals surface area contributed by atoms with Gasteiger partial charge in [0.1, 0.15) is 5.75 Å². The van der Waals surface area contributed by atoms with Gasteiger partial charge in [-0.3, -0.25) is 14.9 Å². The summed E-state index contributed by atoms with van der Waals surface area (Å²) in [7, 11) is 0. The Morgan fingerprint density at radius 2 is 1.91 bits per heavy atom. The van der Waals surface area contributed by atoms with E-state index in [2.05, 4.69) is 0 Å². The lowest BCUT2D eigenvalue weighted by atomic mass is 10.2. The number of rotatable bonds is 3. The van der Waals surface area contributed by atoms with E-state index in [0.29, 0.717) is 16.7 Å². The highest BCUT2D eigenvalue weighted by molar-refractivity contribution is 5.92. The standard InChI is InChI=1S/C16H12N2O4/c1-11(19)22-13-7-8-14-15(9-13)17(10-16(14)18(20)21)12-5-3-2-4-6-12/h2-10H,1H3. The minimum atomic E-state index is -0.438. The monoisotopic (exact) mass is 296 g/mol. The summed E-state index contributed by atoms with van der Waals surface area (Å²) in [6.45, 7) is 1.31. The molecule has 0 saturated heterocycles. The molecule has 2 aromatic carbocycles. The first-order chi connectivity index (χ1) is 10.6. The van der Waals surface area contributed by atoms with Gasteiger partial charge in [0.15, 0.2) is 0 Å². The molecule has 0 spiro atoms. The fourth-order valence-electron chi connectivity index (χ4n) is 2.37. The van der Waals surface area contributed by atoms with E-state index in [0.717, 1.165) is 5.69 Å². The molecule has 3 aromatic rings. The molecule has 0 radical (unpaired) electrons. The molecule has 22 heavy (non-hydrogen) atoms. The number of hydrogen-bond acceptors (Lipinski definition) is 4. The third-order valence-corrected chi connectivity index (χ3v) is 3.25. The number of carbonyl (C=O) groups is 1. The number of nitro groups is 1. The van der Waals surface area contributed by atoms with Crippen molar-refractivity contribution in [1.29, 1.82) is 0 Å². The van der Waals surface area contributed by atoms with Crippen LogP contribution >= 0.6 is 0 Å². The third kappa shape index (κ3) is 2.42. The predicted octanol–water partition coefficient (Wildman–Crippen LogP) is 3.46. The summed E-state index contributed by atoms with van der Waals surface area (Å²) in [4.78, 5) is 21.9. The van der Waals surface area contributed by atoms with Crippen molar-refractivity contribution in [1.82, 2.24) is 4.57 Å². The largest absolute Gasteiger partial charge is 0.427 e. The van der Waals surface area contributed by atoms with E-state index in [-0.39, 0.29) is 5.69 Å². The second-order valence-electron chi connectivity index (χ2n) is 4.75. The number of para-hydroxylation sites is 1. The lowest BCUT2D eigenvalue weighted by molar-refractivity contribution is -0.383. The summed E-state index contributed by atoms with van der Waals surface area (Å²) in [5, 5.41) is 11.7. The molecule has 0 bridgehead atoms. The Morgan fingerprint density at radius 3 is 2.55 bits per heavy atom. The number of hydrogen-bond donors (Lipinski definition) is 0. The van der Waals surface area contributed by atoms with Crippen molar-refractivity contribution in [3.05, 3.63) is 64.8 Å². The molecule has 6 heteroatoms. The van der Waals surface area contributed by atoms with E-state index in [1.165, 1.54) is 13.1 Å². The molecular formula is C16H12N2O4. The van der Waals surface area contributed by atoms with Gasteiger partial charge in [-0.15, -0.1) is 0 Å². The zero-order chi connectivity index (χ0) is 15.7. The van der Waals surface area contributed by atoms with E-state index < -0.39 is 10.9 Å². The number of fused-ring (bicyclic) bond motifs is 1. The summed E-state index contributed by atoms with van der Waals surface area (Å²) < 4.78 is 6.77. The first-order valence-corrected chi connectivity index (χ1v) is 6.59. The van der Waals surface area contributed by atoms with Crippen molar-refractivity contribution in [3.8, 4) is 11.4 Å². The average molecular weight is 296 g/mol. The van der Waals surface area contributed by atoms with Gasteiger partial charge >= 0.3 is 5.97 Å². The second-order valence-corrected chi connectivity index (χ2v) is 4.75. The number of benzene rings is 2. The fraction of sp³-hybridized carbons (Fsp3) is 0.0625. The quantitative estimate of drug-likeness (QED) is 0.321. The van der Waals surface area contributed by atoms with Crippen LogP contribution in [0.3, 0.4) is 0 Å². The summed E-state index contributed by atoms with van der Waals surface area (Å²) in [5.74, 6) is -0.0863. The molecule has 0 amide bonds. The third-order valence-electron chi connectivity index (χ3n) is 3.25. The molecule has 0 aliphatic heterocycles. The van der Waals surface area contributed by atoms with Gasteiger partial charge in [-0.25, -0.2) is 0 Å². The van der Waals surface area contributed by atoms with Crippen molar-refractivity contribution in [2.45, 2.75) is 6.92 Å². The zero-order valence-electron chi connectivity index (χ0n) is 11.7. The fourth-order valence-corrected chi connectivity index (χ4v) is 2.37. The van der Waals surface area contributed by atoms with Gasteiger partial charge in [0, 0.05) is 18.7 Å². The smallest absolute Gasteiger partial charge is 0.308 e.